The highest BCUT2D eigenvalue weighted by Crippen LogP contribution is 2.29. The second kappa shape index (κ2) is 23.1. The summed E-state index contributed by atoms with van der Waals surface area (Å²) in [7, 11) is 1.76. The van der Waals surface area contributed by atoms with Crippen molar-refractivity contribution in [2.24, 2.45) is 11.8 Å². The van der Waals surface area contributed by atoms with Gasteiger partial charge in [-0.2, -0.15) is 0 Å². The van der Waals surface area contributed by atoms with Crippen molar-refractivity contribution in [3.05, 3.63) is 35.9 Å². The molecule has 48 heavy (non-hydrogen) atoms. The van der Waals surface area contributed by atoms with Crippen LogP contribution in [-0.4, -0.2) is 95.3 Å². The maximum atomic E-state index is 13.9. The van der Waals surface area contributed by atoms with Gasteiger partial charge in [-0.1, -0.05) is 76.3 Å². The van der Waals surface area contributed by atoms with Crippen molar-refractivity contribution >= 4 is 17.7 Å². The molecule has 0 spiro atoms. The van der Waals surface area contributed by atoms with Crippen molar-refractivity contribution < 1.29 is 24.6 Å². The van der Waals surface area contributed by atoms with Gasteiger partial charge in [0.1, 0.15) is 6.04 Å². The Morgan fingerprint density at radius 2 is 1.69 bits per heavy atom. The number of unbranched alkanes of at least 4 members (excludes halogenated alkanes) is 1. The second-order valence-electron chi connectivity index (χ2n) is 13.1. The molecular weight excluding hydrogens is 604 g/mol. The zero-order chi connectivity index (χ0) is 35.3. The highest BCUT2D eigenvalue weighted by Gasteiger charge is 2.34. The Morgan fingerprint density at radius 1 is 1.00 bits per heavy atom. The quantitative estimate of drug-likeness (QED) is 0.117. The van der Waals surface area contributed by atoms with Crippen LogP contribution in [0.2, 0.25) is 0 Å². The molecule has 1 saturated carbocycles. The number of hydrogen-bond acceptors (Lipinski definition) is 6. The summed E-state index contributed by atoms with van der Waals surface area (Å²) in [6, 6.07) is 7.85. The summed E-state index contributed by atoms with van der Waals surface area (Å²) in [4.78, 5) is 45.0. The second-order valence-corrected chi connectivity index (χ2v) is 13.1. The van der Waals surface area contributed by atoms with E-state index in [1.165, 1.54) is 6.42 Å². The zero-order valence-electron chi connectivity index (χ0n) is 29.8. The topological polar surface area (TPSA) is 122 Å². The lowest BCUT2D eigenvalue weighted by atomic mass is 9.82. The van der Waals surface area contributed by atoms with Gasteiger partial charge in [-0.05, 0) is 57.2 Å². The van der Waals surface area contributed by atoms with Gasteiger partial charge in [0.25, 0.3) is 0 Å². The molecule has 1 aromatic rings. The summed E-state index contributed by atoms with van der Waals surface area (Å²) in [5.74, 6) is 6.90. The Hall–Kier alpha value is -3.37. The first kappa shape index (κ1) is 40.8. The molecule has 1 aliphatic rings. The minimum atomic E-state index is -1.18. The summed E-state index contributed by atoms with van der Waals surface area (Å²) in [6.45, 7) is 8.93. The van der Waals surface area contributed by atoms with Crippen LogP contribution in [0.5, 0.6) is 0 Å². The van der Waals surface area contributed by atoms with Gasteiger partial charge in [-0.3, -0.25) is 14.4 Å². The van der Waals surface area contributed by atoms with Crippen molar-refractivity contribution in [3.63, 3.8) is 0 Å². The van der Waals surface area contributed by atoms with Crippen LogP contribution >= 0.6 is 0 Å². The van der Waals surface area contributed by atoms with Crippen molar-refractivity contribution in [2.45, 2.75) is 122 Å². The molecule has 1 aromatic carbocycles. The smallest absolute Gasteiger partial charge is 0.243 e. The van der Waals surface area contributed by atoms with E-state index in [0.717, 1.165) is 50.9 Å². The molecule has 0 bridgehead atoms. The predicted octanol–water partition coefficient (Wildman–Crippen LogP) is 3.91. The highest BCUT2D eigenvalue weighted by atomic mass is 16.3. The number of nitrogens with one attached hydrogen (secondary N) is 2. The average molecular weight is 665 g/mol. The molecule has 0 aliphatic heterocycles. The molecule has 9 heteroatoms. The summed E-state index contributed by atoms with van der Waals surface area (Å²) >= 11 is 0. The fraction of sp³-hybridized carbons (Fsp3) is 0.667. The van der Waals surface area contributed by atoms with Gasteiger partial charge < -0.3 is 30.6 Å². The van der Waals surface area contributed by atoms with Crippen molar-refractivity contribution in [1.29, 1.82) is 0 Å². The molecule has 1 aliphatic carbocycles. The van der Waals surface area contributed by atoms with E-state index in [1.807, 2.05) is 30.3 Å². The minimum absolute atomic E-state index is 0.00383. The lowest BCUT2D eigenvalue weighted by molar-refractivity contribution is -0.137. The molecule has 266 valence electrons. The number of aliphatic hydroxyl groups is 2. The largest absolute Gasteiger partial charge is 0.390 e. The van der Waals surface area contributed by atoms with Crippen LogP contribution in [0.15, 0.2) is 30.3 Å². The van der Waals surface area contributed by atoms with Gasteiger partial charge in [0.2, 0.25) is 17.7 Å². The third-order valence-electron chi connectivity index (χ3n) is 9.57. The average Bonchev–Trinajstić information content (AvgIpc) is 3.10. The fourth-order valence-corrected chi connectivity index (χ4v) is 6.38. The van der Waals surface area contributed by atoms with Crippen molar-refractivity contribution in [1.82, 2.24) is 20.4 Å². The lowest BCUT2D eigenvalue weighted by Crippen LogP contribution is -2.56. The summed E-state index contributed by atoms with van der Waals surface area (Å²) in [5, 5.41) is 27.9. The van der Waals surface area contributed by atoms with Crippen LogP contribution in [0, 0.1) is 36.0 Å². The summed E-state index contributed by atoms with van der Waals surface area (Å²) < 4.78 is 0. The Morgan fingerprint density at radius 3 is 2.31 bits per heavy atom. The molecule has 4 N–H and O–H groups in total. The highest BCUT2D eigenvalue weighted by molar-refractivity contribution is 5.91. The number of carbonyl (C=O) groups excluding carboxylic acids is 3. The Bertz CT molecular complexity index is 1200. The summed E-state index contributed by atoms with van der Waals surface area (Å²) in [6.07, 6.45) is 10.8. The van der Waals surface area contributed by atoms with Gasteiger partial charge in [0, 0.05) is 39.4 Å². The first-order valence-corrected chi connectivity index (χ1v) is 17.9. The van der Waals surface area contributed by atoms with Crippen LogP contribution in [-0.2, 0) is 20.8 Å². The van der Waals surface area contributed by atoms with Gasteiger partial charge in [0.15, 0.2) is 0 Å². The van der Waals surface area contributed by atoms with E-state index in [9.17, 15) is 24.6 Å². The zero-order valence-corrected chi connectivity index (χ0v) is 29.8. The maximum absolute atomic E-state index is 13.9. The predicted molar refractivity (Wildman–Crippen MR) is 191 cm³/mol. The fourth-order valence-electron chi connectivity index (χ4n) is 6.38. The first-order valence-electron chi connectivity index (χ1n) is 17.9. The van der Waals surface area contributed by atoms with E-state index in [0.29, 0.717) is 44.6 Å². The Balaban J connectivity index is 2.24. The van der Waals surface area contributed by atoms with E-state index in [2.05, 4.69) is 47.1 Å². The molecule has 0 radical (unpaired) electrons. The Labute approximate surface area is 289 Å². The maximum Gasteiger partial charge on any atom is 0.243 e. The third-order valence-corrected chi connectivity index (χ3v) is 9.57. The van der Waals surface area contributed by atoms with Crippen LogP contribution in [0.3, 0.4) is 0 Å². The molecule has 0 aromatic heterocycles. The molecule has 2 rings (SSSR count). The molecule has 0 heterocycles. The Kier molecular flexibility index (Phi) is 19.6. The monoisotopic (exact) mass is 664 g/mol. The number of aliphatic hydroxyl groups excluding tert-OH is 2. The van der Waals surface area contributed by atoms with Crippen LogP contribution < -0.4 is 10.6 Å². The van der Waals surface area contributed by atoms with Gasteiger partial charge in [-0.25, -0.2) is 0 Å². The number of benzene rings is 1. The van der Waals surface area contributed by atoms with E-state index >= 15 is 0 Å². The van der Waals surface area contributed by atoms with Crippen LogP contribution in [0.25, 0.3) is 0 Å². The van der Waals surface area contributed by atoms with E-state index in [4.69, 9.17) is 6.42 Å². The lowest BCUT2D eigenvalue weighted by Gasteiger charge is -2.33. The van der Waals surface area contributed by atoms with Crippen LogP contribution in [0.1, 0.15) is 97.0 Å². The van der Waals surface area contributed by atoms with E-state index in [1.54, 1.807) is 18.9 Å². The number of hydrogen-bond donors (Lipinski definition) is 4. The van der Waals surface area contributed by atoms with E-state index in [-0.39, 0.29) is 18.7 Å². The standard InChI is InChI=1S/C39H60N4O5/c1-6-10-14-24-35(44)37(46)34(28-31-21-17-13-18-22-31)41-39(48)33(23-11-7-2)40-38(47)32(27-30-19-15-12-16-20-30)29-36(45)42(5)25-26-43(8-3)9-4/h1,12,15-16,19-20,31-35,37,44,46H,8-10,13-14,17-18,21-29H2,2-5H3,(H,40,47)(H,41,48). The molecular formula is C39H60N4O5. The normalized spacial score (nSPS) is 16.4. The van der Waals surface area contributed by atoms with Crippen molar-refractivity contribution in [3.8, 4) is 24.2 Å². The number of nitrogens with zero attached hydrogens (tertiary/aromatic N) is 2. The molecule has 5 atom stereocenters. The number of terminal acetylenes is 1. The molecule has 5 unspecified atom stereocenters. The van der Waals surface area contributed by atoms with E-state index < -0.39 is 42.0 Å². The number of rotatable bonds is 21. The minimum Gasteiger partial charge on any atom is -0.390 e. The first-order chi connectivity index (χ1) is 23.1. The summed E-state index contributed by atoms with van der Waals surface area (Å²) in [5.41, 5.74) is 0.917. The van der Waals surface area contributed by atoms with Crippen LogP contribution in [0.4, 0.5) is 0 Å². The third kappa shape index (κ3) is 14.8. The number of carbonyl (C=O) groups is 3. The molecule has 9 nitrogen and oxygen atoms in total. The van der Waals surface area contributed by atoms with Gasteiger partial charge in [0.05, 0.1) is 24.2 Å². The van der Waals surface area contributed by atoms with Gasteiger partial charge >= 0.3 is 0 Å². The SMILES string of the molecule is C#CCCCC(O)C(O)C(CC1CCCCC1)NC(=O)C(CC#CC)NC(=O)C(CC(=O)N(C)CCN(CC)CC)Cc1ccccc1. The van der Waals surface area contributed by atoms with Gasteiger partial charge in [-0.15, -0.1) is 24.2 Å². The molecule has 3 amide bonds. The van der Waals surface area contributed by atoms with Crippen molar-refractivity contribution in [2.75, 3.05) is 33.2 Å². The molecule has 0 saturated heterocycles. The molecule has 1 fully saturated rings. The number of likely N-dealkylation sites (N-methyl/N-ethyl adjacent to an activating group) is 2. The number of amides is 3.